The fraction of sp³-hybridized carbons (Fsp3) is 0.200. The fourth-order valence-corrected chi connectivity index (χ4v) is 3.48. The van der Waals surface area contributed by atoms with Gasteiger partial charge in [-0.3, -0.25) is 0 Å². The van der Waals surface area contributed by atoms with Crippen LogP contribution in [0.25, 0.3) is 0 Å². The summed E-state index contributed by atoms with van der Waals surface area (Å²) in [5.74, 6) is 0.774. The number of aliphatic hydroxyl groups excluding tert-OH is 1. The summed E-state index contributed by atoms with van der Waals surface area (Å²) in [6, 6.07) is 11.2. The number of methoxy groups -OCH3 is 1. The average molecular weight is 421 g/mol. The molecule has 5 heteroatoms. The Balaban J connectivity index is 2.18. The number of rotatable bonds is 4. The van der Waals surface area contributed by atoms with Crippen LogP contribution in [0.2, 0.25) is 5.02 Å². The maximum absolute atomic E-state index is 10.3. The third kappa shape index (κ3) is 3.76. The van der Waals surface area contributed by atoms with Crippen LogP contribution in [-0.2, 0) is 6.42 Å². The minimum absolute atomic E-state index is 0.517. The van der Waals surface area contributed by atoms with Crippen LogP contribution in [0.3, 0.4) is 0 Å². The van der Waals surface area contributed by atoms with E-state index < -0.39 is 6.10 Å². The highest BCUT2D eigenvalue weighted by Gasteiger charge is 2.13. The largest absolute Gasteiger partial charge is 0.496 e. The standard InChI is InChI=1S/C15H13Br2ClO2/c1-20-15-5-2-9(6-13(15)17)7-14(19)11-4-3-10(18)8-12(11)16/h2-6,8,14,19H,7H2,1H3. The van der Waals surface area contributed by atoms with Gasteiger partial charge in [0.25, 0.3) is 0 Å². The number of aliphatic hydroxyl groups is 1. The molecule has 0 heterocycles. The van der Waals surface area contributed by atoms with E-state index in [1.165, 1.54) is 0 Å². The second kappa shape index (κ2) is 6.94. The van der Waals surface area contributed by atoms with E-state index in [2.05, 4.69) is 31.9 Å². The third-order valence-corrected chi connectivity index (χ3v) is 4.51. The molecule has 106 valence electrons. The van der Waals surface area contributed by atoms with E-state index in [1.807, 2.05) is 24.3 Å². The van der Waals surface area contributed by atoms with Crippen LogP contribution in [0.1, 0.15) is 17.2 Å². The lowest BCUT2D eigenvalue weighted by Crippen LogP contribution is -2.03. The van der Waals surface area contributed by atoms with Crippen molar-refractivity contribution in [2.75, 3.05) is 7.11 Å². The van der Waals surface area contributed by atoms with Gasteiger partial charge in [-0.05, 0) is 51.3 Å². The van der Waals surface area contributed by atoms with Gasteiger partial charge in [0.05, 0.1) is 17.7 Å². The Morgan fingerprint density at radius 3 is 2.50 bits per heavy atom. The SMILES string of the molecule is COc1ccc(CC(O)c2ccc(Cl)cc2Br)cc1Br. The van der Waals surface area contributed by atoms with Crippen molar-refractivity contribution in [3.8, 4) is 5.75 Å². The smallest absolute Gasteiger partial charge is 0.133 e. The zero-order chi connectivity index (χ0) is 14.7. The molecule has 2 nitrogen and oxygen atoms in total. The number of ether oxygens (including phenoxy) is 1. The third-order valence-electron chi connectivity index (χ3n) is 2.97. The van der Waals surface area contributed by atoms with Crippen molar-refractivity contribution in [2.45, 2.75) is 12.5 Å². The van der Waals surface area contributed by atoms with Crippen molar-refractivity contribution in [3.63, 3.8) is 0 Å². The summed E-state index contributed by atoms with van der Waals surface area (Å²) < 4.78 is 6.88. The van der Waals surface area contributed by atoms with Crippen molar-refractivity contribution < 1.29 is 9.84 Å². The van der Waals surface area contributed by atoms with Gasteiger partial charge in [-0.25, -0.2) is 0 Å². The molecular formula is C15H13Br2ClO2. The number of hydrogen-bond donors (Lipinski definition) is 1. The molecule has 2 aromatic rings. The van der Waals surface area contributed by atoms with Crippen LogP contribution in [-0.4, -0.2) is 12.2 Å². The van der Waals surface area contributed by atoms with Crippen LogP contribution in [0, 0.1) is 0 Å². The van der Waals surface area contributed by atoms with Gasteiger partial charge in [0.2, 0.25) is 0 Å². The van der Waals surface area contributed by atoms with E-state index in [0.717, 1.165) is 25.8 Å². The zero-order valence-electron chi connectivity index (χ0n) is 10.7. The topological polar surface area (TPSA) is 29.5 Å². The summed E-state index contributed by atoms with van der Waals surface area (Å²) in [5, 5.41) is 11.0. The van der Waals surface area contributed by atoms with E-state index >= 15 is 0 Å². The van der Waals surface area contributed by atoms with Gasteiger partial charge in [-0.15, -0.1) is 0 Å². The highest BCUT2D eigenvalue weighted by Crippen LogP contribution is 2.31. The van der Waals surface area contributed by atoms with Gasteiger partial charge in [-0.2, -0.15) is 0 Å². The Hall–Kier alpha value is -0.550. The monoisotopic (exact) mass is 418 g/mol. The molecule has 0 amide bonds. The van der Waals surface area contributed by atoms with E-state index in [1.54, 1.807) is 19.2 Å². The molecule has 0 saturated carbocycles. The second-order valence-corrected chi connectivity index (χ2v) is 6.50. The molecule has 0 saturated heterocycles. The van der Waals surface area contributed by atoms with Crippen LogP contribution in [0.4, 0.5) is 0 Å². The summed E-state index contributed by atoms with van der Waals surface area (Å²) in [6.45, 7) is 0. The van der Waals surface area contributed by atoms with E-state index in [-0.39, 0.29) is 0 Å². The predicted octanol–water partition coefficient (Wildman–Crippen LogP) is 5.15. The minimum Gasteiger partial charge on any atom is -0.496 e. The van der Waals surface area contributed by atoms with E-state index in [4.69, 9.17) is 16.3 Å². The molecule has 0 aliphatic rings. The lowest BCUT2D eigenvalue weighted by Gasteiger charge is -2.14. The highest BCUT2D eigenvalue weighted by molar-refractivity contribution is 9.10. The summed E-state index contributed by atoms with van der Waals surface area (Å²) in [4.78, 5) is 0. The molecule has 0 radical (unpaired) electrons. The zero-order valence-corrected chi connectivity index (χ0v) is 14.7. The van der Waals surface area contributed by atoms with Gasteiger partial charge in [0, 0.05) is 15.9 Å². The number of hydrogen-bond acceptors (Lipinski definition) is 2. The number of benzene rings is 2. The lowest BCUT2D eigenvalue weighted by molar-refractivity contribution is 0.177. The van der Waals surface area contributed by atoms with Gasteiger partial charge in [0.15, 0.2) is 0 Å². The first-order chi connectivity index (χ1) is 9.51. The highest BCUT2D eigenvalue weighted by atomic mass is 79.9. The van der Waals surface area contributed by atoms with Gasteiger partial charge in [0.1, 0.15) is 5.75 Å². The molecule has 0 aromatic heterocycles. The predicted molar refractivity (Wildman–Crippen MR) is 88.5 cm³/mol. The van der Waals surface area contributed by atoms with E-state index in [0.29, 0.717) is 11.4 Å². The average Bonchev–Trinajstić information content (AvgIpc) is 2.38. The summed E-state index contributed by atoms with van der Waals surface area (Å²) in [5.41, 5.74) is 1.84. The molecule has 1 atom stereocenters. The number of halogens is 3. The maximum Gasteiger partial charge on any atom is 0.133 e. The van der Waals surface area contributed by atoms with Crippen molar-refractivity contribution in [2.24, 2.45) is 0 Å². The van der Waals surface area contributed by atoms with Crippen molar-refractivity contribution in [3.05, 3.63) is 61.5 Å². The first-order valence-electron chi connectivity index (χ1n) is 5.96. The second-order valence-electron chi connectivity index (χ2n) is 4.35. The van der Waals surface area contributed by atoms with Crippen LogP contribution in [0.5, 0.6) is 5.75 Å². The molecular weight excluding hydrogens is 407 g/mol. The van der Waals surface area contributed by atoms with Gasteiger partial charge < -0.3 is 9.84 Å². The fourth-order valence-electron chi connectivity index (χ4n) is 1.94. The van der Waals surface area contributed by atoms with Crippen LogP contribution in [0.15, 0.2) is 45.3 Å². The Morgan fingerprint density at radius 1 is 1.15 bits per heavy atom. The molecule has 20 heavy (non-hydrogen) atoms. The Bertz CT molecular complexity index is 617. The first kappa shape index (κ1) is 15.8. The van der Waals surface area contributed by atoms with Gasteiger partial charge in [-0.1, -0.05) is 39.7 Å². The molecule has 0 bridgehead atoms. The molecule has 2 aromatic carbocycles. The Morgan fingerprint density at radius 2 is 1.90 bits per heavy atom. The summed E-state index contributed by atoms with van der Waals surface area (Å²) in [7, 11) is 1.62. The van der Waals surface area contributed by atoms with Crippen molar-refractivity contribution >= 4 is 43.5 Å². The molecule has 2 rings (SSSR count). The summed E-state index contributed by atoms with van der Waals surface area (Å²) in [6.07, 6.45) is -0.0787. The lowest BCUT2D eigenvalue weighted by atomic mass is 10.0. The maximum atomic E-state index is 10.3. The Kier molecular flexibility index (Phi) is 5.49. The molecule has 0 fully saturated rings. The normalized spacial score (nSPS) is 12.2. The Labute approximate surface area is 140 Å². The quantitative estimate of drug-likeness (QED) is 0.741. The van der Waals surface area contributed by atoms with Crippen molar-refractivity contribution in [1.82, 2.24) is 0 Å². The first-order valence-corrected chi connectivity index (χ1v) is 7.93. The van der Waals surface area contributed by atoms with Crippen LogP contribution >= 0.6 is 43.5 Å². The van der Waals surface area contributed by atoms with Crippen LogP contribution < -0.4 is 4.74 Å². The molecule has 1 N–H and O–H groups in total. The molecule has 0 spiro atoms. The molecule has 1 unspecified atom stereocenters. The molecule has 0 aliphatic heterocycles. The molecule has 0 aliphatic carbocycles. The minimum atomic E-state index is -0.595. The summed E-state index contributed by atoms with van der Waals surface area (Å²) >= 11 is 12.8. The van der Waals surface area contributed by atoms with E-state index in [9.17, 15) is 5.11 Å². The van der Waals surface area contributed by atoms with Crippen molar-refractivity contribution in [1.29, 1.82) is 0 Å². The van der Waals surface area contributed by atoms with Gasteiger partial charge >= 0.3 is 0 Å².